The molecule has 7 amide bonds. The summed E-state index contributed by atoms with van der Waals surface area (Å²) in [5.41, 5.74) is -0.331. The Balaban J connectivity index is 1.14. The Labute approximate surface area is 471 Å². The van der Waals surface area contributed by atoms with Crippen molar-refractivity contribution in [3.8, 4) is 11.4 Å². The van der Waals surface area contributed by atoms with Crippen molar-refractivity contribution < 1.29 is 66.9 Å². The van der Waals surface area contributed by atoms with E-state index in [4.69, 9.17) is 23.9 Å². The lowest BCUT2D eigenvalue weighted by Crippen LogP contribution is -2.58. The number of para-hydroxylation sites is 1. The Morgan fingerprint density at radius 1 is 0.802 bits per heavy atom. The first-order valence-corrected chi connectivity index (χ1v) is 27.2. The fourth-order valence-electron chi connectivity index (χ4n) is 10.0. The van der Waals surface area contributed by atoms with Gasteiger partial charge in [-0.1, -0.05) is 45.9 Å². The van der Waals surface area contributed by atoms with Gasteiger partial charge in [-0.3, -0.25) is 38.4 Å². The Bertz CT molecular complexity index is 3070. The molecule has 0 saturated carbocycles. The lowest BCUT2D eigenvalue weighted by molar-refractivity contribution is -0.191. The molecule has 0 unspecified atom stereocenters. The van der Waals surface area contributed by atoms with Gasteiger partial charge >= 0.3 is 24.0 Å². The van der Waals surface area contributed by atoms with E-state index in [1.807, 2.05) is 31.2 Å². The number of benzene rings is 1. The molecule has 2 aromatic heterocycles. The third kappa shape index (κ3) is 14.2. The van der Waals surface area contributed by atoms with Crippen LogP contribution in [0.3, 0.4) is 0 Å². The number of hydrogen-bond donors (Lipinski definition) is 2. The average molecular weight is 1130 g/mol. The molecule has 0 spiro atoms. The van der Waals surface area contributed by atoms with Gasteiger partial charge in [-0.2, -0.15) is 0 Å². The van der Waals surface area contributed by atoms with Crippen LogP contribution in [0.15, 0.2) is 35.1 Å². The molecule has 440 valence electrons. The standard InChI is InChI=1S/C57H77N9O15/c1-15-33-34-20-17-18-21-38(34)59-48-35(33)26-66-41(48)24-37-36(50(66)73)31-78-53(76)57(37,16-2)80-52(75)47(32(3)4)60-49(72)40-22-19-23-65(40)51(74)39(25-46(71)79-55(5,6)7)58-42(67)27-61(11)43(68)28-62(12)44(69)29-63(13)45(70)30-64(14)54(77)81-56(8,9)10/h17-18,20-21,24,32,39-40,47H,15-16,19,22-23,25-31H2,1-14H3,(H,58,67)(H,60,72)/t39-,40-,47-,57-/m0/s1. The average Bonchev–Trinajstić information content (AvgIpc) is 4.03. The molecule has 24 nitrogen and oxygen atoms in total. The van der Waals surface area contributed by atoms with E-state index in [1.165, 1.54) is 33.1 Å². The number of esters is 3. The van der Waals surface area contributed by atoms with E-state index < -0.39 is 132 Å². The van der Waals surface area contributed by atoms with E-state index in [1.54, 1.807) is 72.9 Å². The van der Waals surface area contributed by atoms with Crippen LogP contribution in [0.1, 0.15) is 117 Å². The molecule has 3 aliphatic rings. The number of aryl methyl sites for hydroxylation is 1. The van der Waals surface area contributed by atoms with E-state index >= 15 is 0 Å². The summed E-state index contributed by atoms with van der Waals surface area (Å²) < 4.78 is 24.1. The van der Waals surface area contributed by atoms with Crippen molar-refractivity contribution in [1.29, 1.82) is 0 Å². The summed E-state index contributed by atoms with van der Waals surface area (Å²) in [5, 5.41) is 6.22. The van der Waals surface area contributed by atoms with Crippen molar-refractivity contribution in [3.05, 3.63) is 62.9 Å². The lowest BCUT2D eigenvalue weighted by Gasteiger charge is -2.37. The lowest BCUT2D eigenvalue weighted by atomic mass is 9.85. The largest absolute Gasteiger partial charge is 0.460 e. The molecule has 0 bridgehead atoms. The minimum atomic E-state index is -2.10. The van der Waals surface area contributed by atoms with Crippen LogP contribution in [0.25, 0.3) is 22.3 Å². The maximum Gasteiger partial charge on any atom is 0.410 e. The highest BCUT2D eigenvalue weighted by molar-refractivity contribution is 5.98. The number of likely N-dealkylation sites (N-methyl/N-ethyl adjacent to an activating group) is 4. The van der Waals surface area contributed by atoms with Crippen molar-refractivity contribution in [2.24, 2.45) is 5.92 Å². The molecule has 81 heavy (non-hydrogen) atoms. The van der Waals surface area contributed by atoms with Crippen molar-refractivity contribution >= 4 is 70.3 Å². The first-order chi connectivity index (χ1) is 37.8. The maximum absolute atomic E-state index is 14.5. The minimum Gasteiger partial charge on any atom is -0.460 e. The molecule has 5 heterocycles. The number of hydrogen-bond acceptors (Lipinski definition) is 16. The van der Waals surface area contributed by atoms with Gasteiger partial charge < -0.3 is 58.6 Å². The van der Waals surface area contributed by atoms with Gasteiger partial charge in [0.25, 0.3) is 5.56 Å². The molecular formula is C57H77N9O15. The van der Waals surface area contributed by atoms with Gasteiger partial charge in [-0.25, -0.2) is 19.4 Å². The number of pyridine rings is 2. The van der Waals surface area contributed by atoms with Gasteiger partial charge in [-0.15, -0.1) is 0 Å². The zero-order valence-corrected chi connectivity index (χ0v) is 48.9. The topological polar surface area (TPSA) is 283 Å². The number of rotatable bonds is 19. The van der Waals surface area contributed by atoms with Crippen molar-refractivity contribution in [2.75, 3.05) is 60.9 Å². The number of amides is 7. The van der Waals surface area contributed by atoms with E-state index in [2.05, 4.69) is 10.6 Å². The zero-order chi connectivity index (χ0) is 60.2. The van der Waals surface area contributed by atoms with Crippen LogP contribution in [0, 0.1) is 5.92 Å². The van der Waals surface area contributed by atoms with Crippen LogP contribution in [-0.2, 0) is 87.3 Å². The van der Waals surface area contributed by atoms with E-state index in [0.29, 0.717) is 24.2 Å². The Hall–Kier alpha value is -7.92. The third-order valence-electron chi connectivity index (χ3n) is 14.3. The van der Waals surface area contributed by atoms with Crippen LogP contribution in [-0.4, -0.2) is 184 Å². The summed E-state index contributed by atoms with van der Waals surface area (Å²) in [6, 6.07) is 5.15. The van der Waals surface area contributed by atoms with Crippen LogP contribution >= 0.6 is 0 Å². The molecule has 1 fully saturated rings. The Morgan fingerprint density at radius 2 is 1.40 bits per heavy atom. The van der Waals surface area contributed by atoms with Gasteiger partial charge in [0.05, 0.1) is 55.1 Å². The molecule has 3 aliphatic heterocycles. The van der Waals surface area contributed by atoms with Gasteiger partial charge in [0, 0.05) is 51.2 Å². The number of carbonyl (C=O) groups is 10. The summed E-state index contributed by atoms with van der Waals surface area (Å²) in [6.45, 7) is 14.8. The van der Waals surface area contributed by atoms with Crippen LogP contribution in [0.4, 0.5) is 4.79 Å². The quantitative estimate of drug-likeness (QED) is 0.101. The van der Waals surface area contributed by atoms with Gasteiger partial charge in [0.1, 0.15) is 42.5 Å². The highest BCUT2D eigenvalue weighted by atomic mass is 16.6. The highest BCUT2D eigenvalue weighted by Crippen LogP contribution is 2.42. The van der Waals surface area contributed by atoms with E-state index in [9.17, 15) is 52.7 Å². The molecule has 2 N–H and O–H groups in total. The molecule has 0 radical (unpaired) electrons. The number of likely N-dealkylation sites (tertiary alicyclic amines) is 1. The molecule has 6 rings (SSSR count). The number of cyclic esters (lactones) is 1. The van der Waals surface area contributed by atoms with Crippen molar-refractivity contribution in [2.45, 2.75) is 149 Å². The Morgan fingerprint density at radius 3 is 1.98 bits per heavy atom. The molecular weight excluding hydrogens is 1050 g/mol. The van der Waals surface area contributed by atoms with Gasteiger partial charge in [0.15, 0.2) is 0 Å². The van der Waals surface area contributed by atoms with E-state index in [0.717, 1.165) is 41.6 Å². The minimum absolute atomic E-state index is 0.0172. The molecule has 24 heteroatoms. The maximum atomic E-state index is 14.5. The smallest absolute Gasteiger partial charge is 0.410 e. The SMILES string of the molecule is CCc1c2c(nc3ccccc13)-c1cc3c(c(=O)n1C2)COC(=O)[C@@]3(CC)OC(=O)[C@@H](NC(=O)[C@@H]1CCCN1C(=O)[C@H](CC(=O)OC(C)(C)C)NC(=O)CN(C)C(=O)CN(C)C(=O)CN(C)C(=O)CN(C)C(=O)OC(C)(C)C)C(C)C. The van der Waals surface area contributed by atoms with Gasteiger partial charge in [0.2, 0.25) is 41.0 Å². The second-order valence-electron chi connectivity index (χ2n) is 23.2. The normalized spacial score (nSPS) is 17.1. The predicted molar refractivity (Wildman–Crippen MR) is 293 cm³/mol. The van der Waals surface area contributed by atoms with Crippen LogP contribution in [0.5, 0.6) is 0 Å². The van der Waals surface area contributed by atoms with Crippen LogP contribution in [0.2, 0.25) is 0 Å². The summed E-state index contributed by atoms with van der Waals surface area (Å²) >= 11 is 0. The zero-order valence-electron chi connectivity index (χ0n) is 48.9. The monoisotopic (exact) mass is 1130 g/mol. The fourth-order valence-corrected chi connectivity index (χ4v) is 10.0. The summed E-state index contributed by atoms with van der Waals surface area (Å²) in [5.74, 6) is -7.77. The van der Waals surface area contributed by atoms with Crippen molar-refractivity contribution in [3.63, 3.8) is 0 Å². The number of nitrogens with zero attached hydrogens (tertiary/aromatic N) is 7. The third-order valence-corrected chi connectivity index (χ3v) is 14.3. The first kappa shape index (κ1) is 62.3. The Kier molecular flexibility index (Phi) is 19.1. The molecule has 3 aromatic rings. The summed E-state index contributed by atoms with van der Waals surface area (Å²) in [7, 11) is 5.34. The number of nitrogens with one attached hydrogen (secondary N) is 2. The number of fused-ring (bicyclic) bond motifs is 5. The van der Waals surface area contributed by atoms with Crippen LogP contribution < -0.4 is 16.2 Å². The summed E-state index contributed by atoms with van der Waals surface area (Å²) in [4.78, 5) is 161. The predicted octanol–water partition coefficient (Wildman–Crippen LogP) is 2.78. The second kappa shape index (κ2) is 24.8. The molecule has 1 saturated heterocycles. The number of carbonyl (C=O) groups excluding carboxylic acids is 10. The fraction of sp³-hybridized carbons (Fsp3) is 0.579. The first-order valence-electron chi connectivity index (χ1n) is 27.2. The number of ether oxygens (including phenoxy) is 4. The van der Waals surface area contributed by atoms with Crippen molar-refractivity contribution in [1.82, 2.24) is 44.7 Å². The highest BCUT2D eigenvalue weighted by Gasteiger charge is 2.52. The van der Waals surface area contributed by atoms with Gasteiger partial charge in [-0.05, 0) is 90.8 Å². The second-order valence-corrected chi connectivity index (χ2v) is 23.2. The van der Waals surface area contributed by atoms with E-state index in [-0.39, 0.29) is 50.2 Å². The number of aromatic nitrogens is 2. The summed E-state index contributed by atoms with van der Waals surface area (Å²) in [6.07, 6.45) is -0.418. The molecule has 0 aliphatic carbocycles. The molecule has 1 aromatic carbocycles. The molecule has 4 atom stereocenters.